The van der Waals surface area contributed by atoms with Crippen molar-refractivity contribution in [2.75, 3.05) is 21.7 Å². The smallest absolute Gasteiger partial charge is 0.350 e. The lowest BCUT2D eigenvalue weighted by molar-refractivity contribution is -0.144. The highest BCUT2D eigenvalue weighted by atomic mass is 19.1. The Morgan fingerprint density at radius 3 is 1.85 bits per heavy atom. The number of benzene rings is 3. The van der Waals surface area contributed by atoms with Gasteiger partial charge in [0.05, 0.1) is 6.61 Å². The second-order valence-corrected chi connectivity index (χ2v) is 7.25. The number of nitrogens with zero attached hydrogens (tertiary/aromatic N) is 2. The summed E-state index contributed by atoms with van der Waals surface area (Å²) in [5.41, 5.74) is 1.06. The van der Waals surface area contributed by atoms with Gasteiger partial charge in [-0.2, -0.15) is 0 Å². The molecule has 6 nitrogen and oxygen atoms in total. The lowest BCUT2D eigenvalue weighted by Gasteiger charge is -2.31. The van der Waals surface area contributed by atoms with Crippen LogP contribution in [0.4, 0.5) is 30.2 Å². The molecule has 1 fully saturated rings. The summed E-state index contributed by atoms with van der Waals surface area (Å²) in [5.74, 6) is -2.70. The number of esters is 1. The maximum atomic E-state index is 13.6. The van der Waals surface area contributed by atoms with Crippen LogP contribution in [0.3, 0.4) is 0 Å². The summed E-state index contributed by atoms with van der Waals surface area (Å²) >= 11 is 0. The molecule has 33 heavy (non-hydrogen) atoms. The predicted octanol–water partition coefficient (Wildman–Crippen LogP) is 4.28. The average molecular weight is 455 g/mol. The summed E-state index contributed by atoms with van der Waals surface area (Å²) in [4.78, 5) is 29.3. The number of hydrogen-bond acceptors (Lipinski definition) is 5. The molecule has 1 saturated heterocycles. The van der Waals surface area contributed by atoms with Gasteiger partial charge in [0.1, 0.15) is 17.5 Å². The van der Waals surface area contributed by atoms with E-state index in [0.717, 1.165) is 0 Å². The van der Waals surface area contributed by atoms with Gasteiger partial charge in [-0.05, 0) is 79.7 Å². The van der Waals surface area contributed by atoms with Crippen LogP contribution in [0.2, 0.25) is 0 Å². The molecule has 3 aromatic carbocycles. The fraction of sp³-hybridized carbons (Fsp3) is 0.167. The van der Waals surface area contributed by atoms with Gasteiger partial charge in [-0.25, -0.2) is 18.0 Å². The van der Waals surface area contributed by atoms with Crippen LogP contribution in [0.1, 0.15) is 6.92 Å². The summed E-state index contributed by atoms with van der Waals surface area (Å²) in [6.45, 7) is 1.70. The van der Waals surface area contributed by atoms with Gasteiger partial charge in [-0.1, -0.05) is 0 Å². The van der Waals surface area contributed by atoms with Crippen LogP contribution in [0.15, 0.2) is 72.8 Å². The summed E-state index contributed by atoms with van der Waals surface area (Å²) < 4.78 is 45.8. The quantitative estimate of drug-likeness (QED) is 0.562. The molecule has 1 heterocycles. The molecule has 2 atom stereocenters. The standard InChI is InChI=1S/C24H20F3N3O3/c1-2-33-24(32)22-29(19-11-5-16(26)6-12-19)21(28-18-9-3-15(25)4-10-18)23(31)30(22)20-13-7-17(27)8-14-20/h3-14,21-22,28H,2H2,1H3/t21-,22+/m0/s1. The second kappa shape index (κ2) is 9.23. The molecule has 0 radical (unpaired) electrons. The van der Waals surface area contributed by atoms with E-state index < -0.39 is 41.7 Å². The molecule has 1 aliphatic heterocycles. The Kier molecular flexibility index (Phi) is 6.21. The van der Waals surface area contributed by atoms with Crippen molar-refractivity contribution >= 4 is 28.9 Å². The molecular formula is C24H20F3N3O3. The molecule has 0 spiro atoms. The van der Waals surface area contributed by atoms with Crippen LogP contribution < -0.4 is 15.1 Å². The number of hydrogen-bond donors (Lipinski definition) is 1. The largest absolute Gasteiger partial charge is 0.463 e. The van der Waals surface area contributed by atoms with Crippen molar-refractivity contribution in [2.24, 2.45) is 0 Å². The maximum Gasteiger partial charge on any atom is 0.350 e. The normalized spacial score (nSPS) is 17.9. The minimum atomic E-state index is -1.26. The zero-order valence-electron chi connectivity index (χ0n) is 17.5. The second-order valence-electron chi connectivity index (χ2n) is 7.25. The number of ether oxygens (including phenoxy) is 1. The highest BCUT2D eigenvalue weighted by Gasteiger charge is 2.51. The predicted molar refractivity (Wildman–Crippen MR) is 117 cm³/mol. The van der Waals surface area contributed by atoms with Gasteiger partial charge in [0.2, 0.25) is 6.17 Å². The van der Waals surface area contributed by atoms with Crippen LogP contribution in [0.5, 0.6) is 0 Å². The molecule has 170 valence electrons. The number of amides is 1. The van der Waals surface area contributed by atoms with E-state index in [0.29, 0.717) is 11.4 Å². The number of anilines is 3. The topological polar surface area (TPSA) is 61.9 Å². The molecule has 0 aromatic heterocycles. The van der Waals surface area contributed by atoms with E-state index >= 15 is 0 Å². The third-order valence-electron chi connectivity index (χ3n) is 5.13. The first-order valence-electron chi connectivity index (χ1n) is 10.2. The van der Waals surface area contributed by atoms with E-state index in [2.05, 4.69) is 5.32 Å². The Morgan fingerprint density at radius 1 is 0.848 bits per heavy atom. The number of nitrogens with one attached hydrogen (secondary N) is 1. The summed E-state index contributed by atoms with van der Waals surface area (Å²) in [5, 5.41) is 3.01. The summed E-state index contributed by atoms with van der Waals surface area (Å²) in [7, 11) is 0. The molecule has 0 aliphatic carbocycles. The Hall–Kier alpha value is -4.01. The van der Waals surface area contributed by atoms with Crippen molar-refractivity contribution in [3.8, 4) is 0 Å². The van der Waals surface area contributed by atoms with Gasteiger partial charge >= 0.3 is 5.97 Å². The van der Waals surface area contributed by atoms with Gasteiger partial charge in [0.15, 0.2) is 6.17 Å². The maximum absolute atomic E-state index is 13.6. The zero-order valence-corrected chi connectivity index (χ0v) is 17.5. The van der Waals surface area contributed by atoms with E-state index in [9.17, 15) is 22.8 Å². The van der Waals surface area contributed by atoms with E-state index in [4.69, 9.17) is 4.74 Å². The van der Waals surface area contributed by atoms with E-state index in [-0.39, 0.29) is 12.3 Å². The number of halogens is 3. The van der Waals surface area contributed by atoms with Gasteiger partial charge < -0.3 is 15.0 Å². The van der Waals surface area contributed by atoms with Crippen molar-refractivity contribution in [2.45, 2.75) is 19.3 Å². The van der Waals surface area contributed by atoms with Crippen LogP contribution >= 0.6 is 0 Å². The van der Waals surface area contributed by atoms with Crippen LogP contribution in [-0.4, -0.2) is 30.8 Å². The molecule has 9 heteroatoms. The third kappa shape index (κ3) is 4.48. The van der Waals surface area contributed by atoms with Crippen LogP contribution in [0, 0.1) is 17.5 Å². The number of carbonyl (C=O) groups is 2. The summed E-state index contributed by atoms with van der Waals surface area (Å²) in [6, 6.07) is 15.7. The van der Waals surface area contributed by atoms with Crippen LogP contribution in [0.25, 0.3) is 0 Å². The zero-order chi connectivity index (χ0) is 23.5. The highest BCUT2D eigenvalue weighted by Crippen LogP contribution is 2.34. The molecule has 0 saturated carbocycles. The first kappa shape index (κ1) is 22.2. The average Bonchev–Trinajstić information content (AvgIpc) is 3.09. The van der Waals surface area contributed by atoms with E-state index in [1.54, 1.807) is 6.92 Å². The van der Waals surface area contributed by atoms with E-state index in [1.807, 2.05) is 0 Å². The highest BCUT2D eigenvalue weighted by molar-refractivity contribution is 6.10. The molecule has 1 aliphatic rings. The molecule has 1 amide bonds. The first-order chi connectivity index (χ1) is 15.9. The lowest BCUT2D eigenvalue weighted by atomic mass is 10.2. The Balaban J connectivity index is 1.83. The number of rotatable bonds is 6. The Morgan fingerprint density at radius 2 is 1.33 bits per heavy atom. The molecule has 4 rings (SSSR count). The molecule has 0 bridgehead atoms. The van der Waals surface area contributed by atoms with Gasteiger partial charge in [0.25, 0.3) is 5.91 Å². The molecule has 0 unspecified atom stereocenters. The summed E-state index contributed by atoms with van der Waals surface area (Å²) in [6.07, 6.45) is -2.38. The van der Waals surface area contributed by atoms with Gasteiger partial charge in [0, 0.05) is 17.1 Å². The first-order valence-corrected chi connectivity index (χ1v) is 10.2. The third-order valence-corrected chi connectivity index (χ3v) is 5.13. The minimum absolute atomic E-state index is 0.0636. The van der Waals surface area contributed by atoms with E-state index in [1.165, 1.54) is 82.6 Å². The Labute approximate surface area is 188 Å². The van der Waals surface area contributed by atoms with Gasteiger partial charge in [-0.3, -0.25) is 9.69 Å². The fourth-order valence-electron chi connectivity index (χ4n) is 3.68. The lowest BCUT2D eigenvalue weighted by Crippen LogP contribution is -2.49. The van der Waals surface area contributed by atoms with Crippen molar-refractivity contribution in [1.29, 1.82) is 0 Å². The van der Waals surface area contributed by atoms with Crippen LogP contribution in [-0.2, 0) is 14.3 Å². The monoisotopic (exact) mass is 455 g/mol. The van der Waals surface area contributed by atoms with Crippen molar-refractivity contribution in [3.05, 3.63) is 90.2 Å². The molecule has 3 aromatic rings. The molecule has 1 N–H and O–H groups in total. The SMILES string of the molecule is CCOC(=O)[C@H]1N(c2ccc(F)cc2)C(=O)[C@@H](Nc2ccc(F)cc2)N1c1ccc(F)cc1. The Bertz CT molecular complexity index is 1140. The van der Waals surface area contributed by atoms with Crippen molar-refractivity contribution in [1.82, 2.24) is 0 Å². The fourth-order valence-corrected chi connectivity index (χ4v) is 3.68. The van der Waals surface area contributed by atoms with Gasteiger partial charge in [-0.15, -0.1) is 0 Å². The minimum Gasteiger partial charge on any atom is -0.463 e. The van der Waals surface area contributed by atoms with Crippen molar-refractivity contribution in [3.63, 3.8) is 0 Å². The van der Waals surface area contributed by atoms with Crippen molar-refractivity contribution < 1.29 is 27.5 Å². The number of carbonyl (C=O) groups excluding carboxylic acids is 2. The molecular weight excluding hydrogens is 435 g/mol.